The first-order valence-corrected chi connectivity index (χ1v) is 10.5. The number of aromatic nitrogens is 1. The van der Waals surface area contributed by atoms with Crippen LogP contribution in [-0.2, 0) is 4.74 Å². The Balaban J connectivity index is 1.31. The number of fused-ring (bicyclic) bond motifs is 1. The molecule has 2 N–H and O–H groups in total. The molecule has 1 fully saturated rings. The van der Waals surface area contributed by atoms with E-state index < -0.39 is 5.60 Å². The Labute approximate surface area is 165 Å². The molecule has 0 atom stereocenters. The molecule has 0 aliphatic carbocycles. The number of ether oxygens (including phenoxy) is 1. The van der Waals surface area contributed by atoms with Gasteiger partial charge in [0.2, 0.25) is 0 Å². The molecule has 27 heavy (non-hydrogen) atoms. The van der Waals surface area contributed by atoms with Gasteiger partial charge in [-0.1, -0.05) is 12.1 Å². The standard InChI is InChI=1S/C20H30N4O2S/c1-20(2,3)26-19(25)24-13-9-15(10-14-24)21-11-6-12-22-18-16-7-4-5-8-17(16)27-23-18/h4-5,7-8,15,21H,6,9-14H2,1-3H3,(H,22,23). The third-order valence-electron chi connectivity index (χ3n) is 4.60. The van der Waals surface area contributed by atoms with Crippen molar-refractivity contribution in [2.24, 2.45) is 0 Å². The number of carbonyl (C=O) groups excluding carboxylic acids is 1. The molecule has 1 aromatic heterocycles. The van der Waals surface area contributed by atoms with Crippen LogP contribution in [0.25, 0.3) is 10.1 Å². The summed E-state index contributed by atoms with van der Waals surface area (Å²) in [6.07, 6.45) is 2.80. The van der Waals surface area contributed by atoms with Gasteiger partial charge in [-0.25, -0.2) is 4.79 Å². The first-order chi connectivity index (χ1) is 12.9. The van der Waals surface area contributed by atoms with E-state index in [0.717, 1.165) is 51.3 Å². The van der Waals surface area contributed by atoms with Gasteiger partial charge in [-0.05, 0) is 70.2 Å². The fourth-order valence-corrected chi connectivity index (χ4v) is 3.96. The Morgan fingerprint density at radius 3 is 2.74 bits per heavy atom. The zero-order valence-electron chi connectivity index (χ0n) is 16.5. The van der Waals surface area contributed by atoms with Gasteiger partial charge in [0.25, 0.3) is 0 Å². The Morgan fingerprint density at radius 2 is 2.00 bits per heavy atom. The number of anilines is 1. The van der Waals surface area contributed by atoms with Gasteiger partial charge in [0, 0.05) is 31.1 Å². The lowest BCUT2D eigenvalue weighted by atomic mass is 10.1. The van der Waals surface area contributed by atoms with Gasteiger partial charge in [0.15, 0.2) is 0 Å². The van der Waals surface area contributed by atoms with Gasteiger partial charge in [-0.15, -0.1) is 0 Å². The van der Waals surface area contributed by atoms with Crippen LogP contribution in [0.5, 0.6) is 0 Å². The van der Waals surface area contributed by atoms with Crippen molar-refractivity contribution in [3.05, 3.63) is 24.3 Å². The predicted molar refractivity (Wildman–Crippen MR) is 112 cm³/mol. The smallest absolute Gasteiger partial charge is 0.410 e. The van der Waals surface area contributed by atoms with Crippen molar-refractivity contribution in [3.63, 3.8) is 0 Å². The van der Waals surface area contributed by atoms with Crippen molar-refractivity contribution >= 4 is 33.5 Å². The second-order valence-corrected chi connectivity index (χ2v) is 8.81. The first-order valence-electron chi connectivity index (χ1n) is 9.72. The molecular weight excluding hydrogens is 360 g/mol. The maximum Gasteiger partial charge on any atom is 0.410 e. The van der Waals surface area contributed by atoms with E-state index in [9.17, 15) is 4.79 Å². The summed E-state index contributed by atoms with van der Waals surface area (Å²) < 4.78 is 11.2. The fourth-order valence-electron chi connectivity index (χ4n) is 3.21. The van der Waals surface area contributed by atoms with Gasteiger partial charge < -0.3 is 20.3 Å². The van der Waals surface area contributed by atoms with Crippen molar-refractivity contribution in [1.29, 1.82) is 0 Å². The van der Waals surface area contributed by atoms with Crippen LogP contribution in [0.3, 0.4) is 0 Å². The van der Waals surface area contributed by atoms with Crippen molar-refractivity contribution in [2.75, 3.05) is 31.5 Å². The molecule has 0 saturated carbocycles. The molecule has 1 aliphatic rings. The van der Waals surface area contributed by atoms with Gasteiger partial charge in [0.1, 0.15) is 11.4 Å². The zero-order valence-corrected chi connectivity index (χ0v) is 17.3. The van der Waals surface area contributed by atoms with Crippen LogP contribution in [0.1, 0.15) is 40.0 Å². The summed E-state index contributed by atoms with van der Waals surface area (Å²) in [6.45, 7) is 9.10. The molecule has 0 spiro atoms. The highest BCUT2D eigenvalue weighted by atomic mass is 32.1. The maximum atomic E-state index is 12.1. The fraction of sp³-hybridized carbons (Fsp3) is 0.600. The number of nitrogens with zero attached hydrogens (tertiary/aromatic N) is 2. The van der Waals surface area contributed by atoms with E-state index in [4.69, 9.17) is 4.74 Å². The Bertz CT molecular complexity index is 748. The maximum absolute atomic E-state index is 12.1. The molecule has 7 heteroatoms. The monoisotopic (exact) mass is 390 g/mol. The Kier molecular flexibility index (Phi) is 6.55. The van der Waals surface area contributed by atoms with Gasteiger partial charge in [0.05, 0.1) is 4.70 Å². The summed E-state index contributed by atoms with van der Waals surface area (Å²) in [7, 11) is 0. The van der Waals surface area contributed by atoms with Crippen molar-refractivity contribution < 1.29 is 9.53 Å². The van der Waals surface area contributed by atoms with Crippen LogP contribution < -0.4 is 10.6 Å². The van der Waals surface area contributed by atoms with Crippen LogP contribution in [0.15, 0.2) is 24.3 Å². The number of carbonyl (C=O) groups is 1. The van der Waals surface area contributed by atoms with Gasteiger partial charge in [-0.3, -0.25) is 0 Å². The largest absolute Gasteiger partial charge is 0.444 e. The summed E-state index contributed by atoms with van der Waals surface area (Å²) in [5, 5.41) is 8.25. The molecule has 0 unspecified atom stereocenters. The van der Waals surface area contributed by atoms with Crippen molar-refractivity contribution in [1.82, 2.24) is 14.6 Å². The normalized spacial score (nSPS) is 15.9. The molecule has 2 aromatic rings. The number of benzene rings is 1. The first kappa shape index (κ1) is 19.9. The van der Waals surface area contributed by atoms with Crippen molar-refractivity contribution in [3.8, 4) is 0 Å². The highest BCUT2D eigenvalue weighted by molar-refractivity contribution is 7.13. The van der Waals surface area contributed by atoms with Gasteiger partial charge in [-0.2, -0.15) is 4.37 Å². The number of rotatable bonds is 6. The topological polar surface area (TPSA) is 66.5 Å². The zero-order chi connectivity index (χ0) is 19.3. The van der Waals surface area contributed by atoms with E-state index in [1.165, 1.54) is 21.6 Å². The van der Waals surface area contributed by atoms with Crippen LogP contribution in [0.4, 0.5) is 10.6 Å². The summed E-state index contributed by atoms with van der Waals surface area (Å²) in [5.41, 5.74) is -0.429. The molecule has 0 bridgehead atoms. The number of nitrogens with one attached hydrogen (secondary N) is 2. The lowest BCUT2D eigenvalue weighted by molar-refractivity contribution is 0.0198. The molecule has 1 saturated heterocycles. The van der Waals surface area contributed by atoms with Crippen LogP contribution in [0, 0.1) is 0 Å². The summed E-state index contributed by atoms with van der Waals surface area (Å²) >= 11 is 1.54. The summed E-state index contributed by atoms with van der Waals surface area (Å²) in [5.74, 6) is 0.987. The van der Waals surface area contributed by atoms with Gasteiger partial charge >= 0.3 is 6.09 Å². The Morgan fingerprint density at radius 1 is 1.26 bits per heavy atom. The quantitative estimate of drug-likeness (QED) is 0.727. The van der Waals surface area contributed by atoms with E-state index in [1.807, 2.05) is 37.8 Å². The molecule has 1 aromatic carbocycles. The highest BCUT2D eigenvalue weighted by Crippen LogP contribution is 2.25. The van der Waals surface area contributed by atoms with Crippen LogP contribution in [-0.4, -0.2) is 53.2 Å². The number of amides is 1. The number of hydrogen-bond acceptors (Lipinski definition) is 6. The molecule has 1 aliphatic heterocycles. The van der Waals surface area contributed by atoms with E-state index in [1.54, 1.807) is 0 Å². The molecule has 148 valence electrons. The lowest BCUT2D eigenvalue weighted by Crippen LogP contribution is -2.46. The SMILES string of the molecule is CC(C)(C)OC(=O)N1CCC(NCCCNc2nsc3ccccc23)CC1. The Hall–Kier alpha value is -1.86. The number of likely N-dealkylation sites (tertiary alicyclic amines) is 1. The van der Waals surface area contributed by atoms with E-state index in [0.29, 0.717) is 6.04 Å². The van der Waals surface area contributed by atoms with E-state index >= 15 is 0 Å². The summed E-state index contributed by atoms with van der Waals surface area (Å²) in [6, 6.07) is 8.78. The second kappa shape index (κ2) is 8.89. The minimum absolute atomic E-state index is 0.194. The predicted octanol–water partition coefficient (Wildman–Crippen LogP) is 4.09. The average molecular weight is 391 g/mol. The van der Waals surface area contributed by atoms with E-state index in [2.05, 4.69) is 27.1 Å². The molecule has 3 rings (SSSR count). The third kappa shape index (κ3) is 5.81. The third-order valence-corrected chi connectivity index (χ3v) is 5.43. The average Bonchev–Trinajstić information content (AvgIpc) is 3.04. The minimum atomic E-state index is -0.429. The lowest BCUT2D eigenvalue weighted by Gasteiger charge is -2.33. The van der Waals surface area contributed by atoms with E-state index in [-0.39, 0.29) is 6.09 Å². The van der Waals surface area contributed by atoms with Crippen LogP contribution in [0.2, 0.25) is 0 Å². The number of hydrogen-bond donors (Lipinski definition) is 2. The number of piperidine rings is 1. The molecule has 0 radical (unpaired) electrons. The summed E-state index contributed by atoms with van der Waals surface area (Å²) in [4.78, 5) is 13.9. The minimum Gasteiger partial charge on any atom is -0.444 e. The second-order valence-electron chi connectivity index (χ2n) is 8.00. The molecule has 2 heterocycles. The highest BCUT2D eigenvalue weighted by Gasteiger charge is 2.26. The molecule has 6 nitrogen and oxygen atoms in total. The molecular formula is C20H30N4O2S. The molecule has 1 amide bonds. The van der Waals surface area contributed by atoms with Crippen LogP contribution >= 0.6 is 11.5 Å². The van der Waals surface area contributed by atoms with Crippen molar-refractivity contribution in [2.45, 2.75) is 51.7 Å².